The molecule has 2 heteroatoms. The van der Waals surface area contributed by atoms with Crippen LogP contribution in [0.3, 0.4) is 0 Å². The zero-order chi connectivity index (χ0) is 9.84. The molecule has 13 heavy (non-hydrogen) atoms. The summed E-state index contributed by atoms with van der Waals surface area (Å²) in [5, 5.41) is 0. The highest BCUT2D eigenvalue weighted by Crippen LogP contribution is 2.25. The molecule has 1 aliphatic carbocycles. The molecule has 1 aliphatic rings. The van der Waals surface area contributed by atoms with Crippen LogP contribution in [0.25, 0.3) is 0 Å². The van der Waals surface area contributed by atoms with Crippen LogP contribution in [0, 0.1) is 5.92 Å². The van der Waals surface area contributed by atoms with Gasteiger partial charge in [-0.25, -0.2) is 0 Å². The van der Waals surface area contributed by atoms with Crippen LogP contribution in [0.5, 0.6) is 0 Å². The van der Waals surface area contributed by atoms with Gasteiger partial charge in [-0.1, -0.05) is 13.0 Å². The minimum atomic E-state index is -0.188. The number of carbonyl (C=O) groups is 1. The third-order valence-electron chi connectivity index (χ3n) is 2.57. The molecule has 0 aromatic heterocycles. The summed E-state index contributed by atoms with van der Waals surface area (Å²) in [7, 11) is 0. The third kappa shape index (κ3) is 3.21. The summed E-state index contributed by atoms with van der Waals surface area (Å²) in [5.74, 6) is 0.597. The van der Waals surface area contributed by atoms with E-state index in [0.29, 0.717) is 0 Å². The van der Waals surface area contributed by atoms with E-state index < -0.39 is 0 Å². The van der Waals surface area contributed by atoms with Crippen LogP contribution in [0.2, 0.25) is 0 Å². The SMILES string of the molecule is CC(=O)OC(C)C1=CCC(C)CC1. The predicted octanol–water partition coefficient (Wildman–Crippen LogP) is 2.68. The third-order valence-corrected chi connectivity index (χ3v) is 2.57. The molecule has 0 spiro atoms. The Morgan fingerprint density at radius 3 is 2.85 bits per heavy atom. The molecule has 0 heterocycles. The molecule has 0 aromatic rings. The van der Waals surface area contributed by atoms with Gasteiger partial charge in [-0.05, 0) is 37.7 Å². The molecule has 0 aliphatic heterocycles. The topological polar surface area (TPSA) is 26.3 Å². The van der Waals surface area contributed by atoms with E-state index in [1.807, 2.05) is 6.92 Å². The van der Waals surface area contributed by atoms with Gasteiger partial charge in [0, 0.05) is 6.92 Å². The normalized spacial score (nSPS) is 24.8. The maximum absolute atomic E-state index is 10.7. The van der Waals surface area contributed by atoms with Crippen molar-refractivity contribution in [1.82, 2.24) is 0 Å². The number of esters is 1. The number of carbonyl (C=O) groups excluding carboxylic acids is 1. The first-order valence-electron chi connectivity index (χ1n) is 4.95. The van der Waals surface area contributed by atoms with Gasteiger partial charge in [0.15, 0.2) is 0 Å². The summed E-state index contributed by atoms with van der Waals surface area (Å²) < 4.78 is 5.12. The van der Waals surface area contributed by atoms with Crippen LogP contribution < -0.4 is 0 Å². The van der Waals surface area contributed by atoms with E-state index in [2.05, 4.69) is 13.0 Å². The van der Waals surface area contributed by atoms with E-state index in [4.69, 9.17) is 4.74 Å². The second-order valence-electron chi connectivity index (χ2n) is 3.91. The van der Waals surface area contributed by atoms with Gasteiger partial charge in [-0.3, -0.25) is 4.79 Å². The molecule has 0 amide bonds. The summed E-state index contributed by atoms with van der Waals surface area (Å²) in [4.78, 5) is 10.7. The van der Waals surface area contributed by atoms with Crippen LogP contribution in [0.4, 0.5) is 0 Å². The molecule has 0 N–H and O–H groups in total. The smallest absolute Gasteiger partial charge is 0.303 e. The number of rotatable bonds is 2. The molecule has 0 radical (unpaired) electrons. The van der Waals surface area contributed by atoms with Crippen LogP contribution in [0.15, 0.2) is 11.6 Å². The largest absolute Gasteiger partial charge is 0.458 e. The summed E-state index contributed by atoms with van der Waals surface area (Å²) in [6, 6.07) is 0. The summed E-state index contributed by atoms with van der Waals surface area (Å²) >= 11 is 0. The first-order valence-corrected chi connectivity index (χ1v) is 4.95. The molecule has 2 nitrogen and oxygen atoms in total. The molecule has 74 valence electrons. The highest BCUT2D eigenvalue weighted by Gasteiger charge is 2.16. The van der Waals surface area contributed by atoms with Gasteiger partial charge < -0.3 is 4.74 Å². The number of ether oxygens (including phenoxy) is 1. The standard InChI is InChI=1S/C11H18O2/c1-8-4-6-11(7-5-8)9(2)13-10(3)12/h6,8-9H,4-5,7H2,1-3H3. The number of hydrogen-bond donors (Lipinski definition) is 0. The lowest BCUT2D eigenvalue weighted by atomic mass is 9.89. The van der Waals surface area contributed by atoms with E-state index in [9.17, 15) is 4.79 Å². The average Bonchev–Trinajstić information content (AvgIpc) is 2.04. The highest BCUT2D eigenvalue weighted by atomic mass is 16.5. The molecule has 0 fully saturated rings. The maximum atomic E-state index is 10.7. The van der Waals surface area contributed by atoms with Crippen molar-refractivity contribution in [1.29, 1.82) is 0 Å². The zero-order valence-corrected chi connectivity index (χ0v) is 8.67. The van der Waals surface area contributed by atoms with Crippen molar-refractivity contribution in [2.24, 2.45) is 5.92 Å². The Morgan fingerprint density at radius 1 is 1.69 bits per heavy atom. The number of allylic oxidation sites excluding steroid dienone is 1. The van der Waals surface area contributed by atoms with Crippen molar-refractivity contribution in [3.63, 3.8) is 0 Å². The quantitative estimate of drug-likeness (QED) is 0.485. The summed E-state index contributed by atoms with van der Waals surface area (Å²) in [6.07, 6.45) is 5.63. The van der Waals surface area contributed by atoms with Crippen molar-refractivity contribution in [2.75, 3.05) is 0 Å². The lowest BCUT2D eigenvalue weighted by Gasteiger charge is -2.22. The average molecular weight is 182 g/mol. The molecular formula is C11H18O2. The first kappa shape index (κ1) is 10.3. The fourth-order valence-corrected chi connectivity index (χ4v) is 1.68. The first-order chi connectivity index (χ1) is 6.09. The van der Waals surface area contributed by atoms with Gasteiger partial charge in [0.05, 0.1) is 0 Å². The van der Waals surface area contributed by atoms with Crippen molar-refractivity contribution in [3.8, 4) is 0 Å². The van der Waals surface area contributed by atoms with Gasteiger partial charge in [0.2, 0.25) is 0 Å². The molecule has 0 bridgehead atoms. The van der Waals surface area contributed by atoms with Crippen LogP contribution in [-0.4, -0.2) is 12.1 Å². The second-order valence-corrected chi connectivity index (χ2v) is 3.91. The Bertz CT molecular complexity index is 218. The van der Waals surface area contributed by atoms with Crippen LogP contribution in [-0.2, 0) is 9.53 Å². The minimum absolute atomic E-state index is 0.0231. The fourth-order valence-electron chi connectivity index (χ4n) is 1.68. The lowest BCUT2D eigenvalue weighted by molar-refractivity contribution is -0.143. The van der Waals surface area contributed by atoms with Gasteiger partial charge in [0.1, 0.15) is 6.10 Å². The molecule has 1 rings (SSSR count). The van der Waals surface area contributed by atoms with Gasteiger partial charge in [-0.2, -0.15) is 0 Å². The maximum Gasteiger partial charge on any atom is 0.303 e. The predicted molar refractivity (Wildman–Crippen MR) is 52.3 cm³/mol. The van der Waals surface area contributed by atoms with Crippen molar-refractivity contribution in [3.05, 3.63) is 11.6 Å². The molecule has 0 saturated heterocycles. The minimum Gasteiger partial charge on any atom is -0.458 e. The Labute approximate surface area is 80.0 Å². The molecule has 0 saturated carbocycles. The van der Waals surface area contributed by atoms with Gasteiger partial charge >= 0.3 is 5.97 Å². The number of hydrogen-bond acceptors (Lipinski definition) is 2. The Kier molecular flexibility index (Phi) is 3.52. The monoisotopic (exact) mass is 182 g/mol. The molecule has 2 atom stereocenters. The molecular weight excluding hydrogens is 164 g/mol. The lowest BCUT2D eigenvalue weighted by Crippen LogP contribution is -2.17. The van der Waals surface area contributed by atoms with E-state index in [1.54, 1.807) is 0 Å². The van der Waals surface area contributed by atoms with Gasteiger partial charge in [-0.15, -0.1) is 0 Å². The fraction of sp³-hybridized carbons (Fsp3) is 0.727. The van der Waals surface area contributed by atoms with E-state index in [0.717, 1.165) is 18.8 Å². The van der Waals surface area contributed by atoms with Gasteiger partial charge in [0.25, 0.3) is 0 Å². The van der Waals surface area contributed by atoms with Crippen LogP contribution in [0.1, 0.15) is 40.0 Å². The van der Waals surface area contributed by atoms with Crippen molar-refractivity contribution in [2.45, 2.75) is 46.1 Å². The van der Waals surface area contributed by atoms with Crippen LogP contribution >= 0.6 is 0 Å². The Hall–Kier alpha value is -0.790. The van der Waals surface area contributed by atoms with Crippen molar-refractivity contribution >= 4 is 5.97 Å². The Balaban J connectivity index is 2.47. The second kappa shape index (κ2) is 4.45. The highest BCUT2D eigenvalue weighted by molar-refractivity contribution is 5.66. The molecule has 2 unspecified atom stereocenters. The van der Waals surface area contributed by atoms with E-state index in [1.165, 1.54) is 18.9 Å². The summed E-state index contributed by atoms with van der Waals surface area (Å²) in [6.45, 7) is 5.66. The Morgan fingerprint density at radius 2 is 2.38 bits per heavy atom. The zero-order valence-electron chi connectivity index (χ0n) is 8.67. The summed E-state index contributed by atoms with van der Waals surface area (Å²) in [5.41, 5.74) is 1.29. The van der Waals surface area contributed by atoms with E-state index in [-0.39, 0.29) is 12.1 Å². The molecule has 0 aromatic carbocycles. The van der Waals surface area contributed by atoms with Crippen molar-refractivity contribution < 1.29 is 9.53 Å². The van der Waals surface area contributed by atoms with E-state index >= 15 is 0 Å².